The van der Waals surface area contributed by atoms with E-state index in [1.807, 2.05) is 0 Å². The average Bonchev–Trinajstić information content (AvgIpc) is 2.34. The molecule has 3 heteroatoms. The maximum atomic E-state index is 5.48. The van der Waals surface area contributed by atoms with Crippen LogP contribution in [0.2, 0.25) is 0 Å². The number of methoxy groups -OCH3 is 1. The van der Waals surface area contributed by atoms with Gasteiger partial charge in [-0.1, -0.05) is 12.8 Å². The monoisotopic (exact) mass is 229 g/mol. The van der Waals surface area contributed by atoms with Crippen molar-refractivity contribution in [2.75, 3.05) is 34.0 Å². The first-order valence-electron chi connectivity index (χ1n) is 6.60. The van der Waals surface area contributed by atoms with Gasteiger partial charge in [-0.15, -0.1) is 0 Å². The average molecular weight is 229 g/mol. The fraction of sp³-hybridized carbons (Fsp3) is 1.00. The molecule has 1 N–H and O–H groups in total. The minimum absolute atomic E-state index is 0.714. The number of ether oxygens (including phenoxy) is 2. The molecular formula is C13H27NO2. The predicted octanol–water partition coefficient (Wildman–Crippen LogP) is 2.21. The Bertz CT molecular complexity index is 164. The van der Waals surface area contributed by atoms with E-state index in [4.69, 9.17) is 9.47 Å². The van der Waals surface area contributed by atoms with Crippen LogP contribution < -0.4 is 5.32 Å². The van der Waals surface area contributed by atoms with Crippen LogP contribution >= 0.6 is 0 Å². The first-order chi connectivity index (χ1) is 7.86. The third kappa shape index (κ3) is 5.83. The van der Waals surface area contributed by atoms with Crippen LogP contribution in [0.25, 0.3) is 0 Å². The molecule has 1 rings (SSSR count). The van der Waals surface area contributed by atoms with Crippen molar-refractivity contribution in [3.63, 3.8) is 0 Å². The molecule has 2 unspecified atom stereocenters. The van der Waals surface area contributed by atoms with Gasteiger partial charge < -0.3 is 14.8 Å². The Balaban J connectivity index is 1.95. The topological polar surface area (TPSA) is 30.5 Å². The smallest absolute Gasteiger partial charge is 0.0700 e. The summed E-state index contributed by atoms with van der Waals surface area (Å²) < 4.78 is 10.4. The molecule has 16 heavy (non-hydrogen) atoms. The Hall–Kier alpha value is -0.120. The molecule has 0 aromatic carbocycles. The molecule has 0 spiro atoms. The highest BCUT2D eigenvalue weighted by Gasteiger charge is 2.19. The number of rotatable bonds is 8. The van der Waals surface area contributed by atoms with Crippen molar-refractivity contribution in [3.05, 3.63) is 0 Å². The third-order valence-corrected chi connectivity index (χ3v) is 3.52. The summed E-state index contributed by atoms with van der Waals surface area (Å²) in [5.41, 5.74) is 0. The summed E-state index contributed by atoms with van der Waals surface area (Å²) in [4.78, 5) is 0. The van der Waals surface area contributed by atoms with E-state index in [0.717, 1.165) is 25.2 Å². The van der Waals surface area contributed by atoms with E-state index < -0.39 is 0 Å². The van der Waals surface area contributed by atoms with E-state index in [9.17, 15) is 0 Å². The fourth-order valence-electron chi connectivity index (χ4n) is 2.53. The maximum Gasteiger partial charge on any atom is 0.0700 e. The summed E-state index contributed by atoms with van der Waals surface area (Å²) in [5.74, 6) is 0.914. The number of hydrogen-bond acceptors (Lipinski definition) is 3. The van der Waals surface area contributed by atoms with Gasteiger partial charge in [0.2, 0.25) is 0 Å². The molecule has 96 valence electrons. The maximum absolute atomic E-state index is 5.48. The van der Waals surface area contributed by atoms with Crippen LogP contribution in [0, 0.1) is 5.92 Å². The summed E-state index contributed by atoms with van der Waals surface area (Å²) in [5, 5.41) is 3.40. The van der Waals surface area contributed by atoms with Gasteiger partial charge in [0.05, 0.1) is 13.2 Å². The molecule has 1 fully saturated rings. The SMILES string of the molecule is CNC1CCCC(CCCOCCOC)C1. The van der Waals surface area contributed by atoms with Crippen molar-refractivity contribution in [1.29, 1.82) is 0 Å². The van der Waals surface area contributed by atoms with Crippen LogP contribution in [-0.4, -0.2) is 40.0 Å². The van der Waals surface area contributed by atoms with E-state index in [1.165, 1.54) is 38.5 Å². The second-order valence-corrected chi connectivity index (χ2v) is 4.77. The summed E-state index contributed by atoms with van der Waals surface area (Å²) in [7, 11) is 3.80. The van der Waals surface area contributed by atoms with Crippen LogP contribution in [0.1, 0.15) is 38.5 Å². The Morgan fingerprint density at radius 3 is 2.81 bits per heavy atom. The summed E-state index contributed by atoms with van der Waals surface area (Å²) in [6.07, 6.45) is 8.04. The highest BCUT2D eigenvalue weighted by Crippen LogP contribution is 2.27. The zero-order valence-corrected chi connectivity index (χ0v) is 10.8. The molecule has 0 radical (unpaired) electrons. The minimum atomic E-state index is 0.714. The highest BCUT2D eigenvalue weighted by atomic mass is 16.5. The summed E-state index contributed by atoms with van der Waals surface area (Å²) in [6.45, 7) is 2.34. The molecule has 1 aliphatic carbocycles. The van der Waals surface area contributed by atoms with Crippen molar-refractivity contribution < 1.29 is 9.47 Å². The Labute approximate surface area is 99.9 Å². The molecule has 0 bridgehead atoms. The predicted molar refractivity (Wildman–Crippen MR) is 66.7 cm³/mol. The van der Waals surface area contributed by atoms with Crippen LogP contribution in [0.15, 0.2) is 0 Å². The van der Waals surface area contributed by atoms with Gasteiger partial charge in [-0.2, -0.15) is 0 Å². The van der Waals surface area contributed by atoms with Gasteiger partial charge in [0.25, 0.3) is 0 Å². The van der Waals surface area contributed by atoms with Gasteiger partial charge in [0.15, 0.2) is 0 Å². The van der Waals surface area contributed by atoms with Crippen molar-refractivity contribution in [2.24, 2.45) is 5.92 Å². The lowest BCUT2D eigenvalue weighted by Crippen LogP contribution is -2.31. The Morgan fingerprint density at radius 1 is 1.19 bits per heavy atom. The molecule has 1 aliphatic rings. The van der Waals surface area contributed by atoms with Crippen molar-refractivity contribution in [1.82, 2.24) is 5.32 Å². The van der Waals surface area contributed by atoms with Crippen LogP contribution in [0.4, 0.5) is 0 Å². The molecule has 0 heterocycles. The van der Waals surface area contributed by atoms with E-state index in [-0.39, 0.29) is 0 Å². The first-order valence-corrected chi connectivity index (χ1v) is 6.60. The number of nitrogens with one attached hydrogen (secondary N) is 1. The third-order valence-electron chi connectivity index (χ3n) is 3.52. The van der Waals surface area contributed by atoms with Crippen LogP contribution in [0.5, 0.6) is 0 Å². The van der Waals surface area contributed by atoms with Gasteiger partial charge >= 0.3 is 0 Å². The Morgan fingerprint density at radius 2 is 2.06 bits per heavy atom. The molecule has 2 atom stereocenters. The summed E-state index contributed by atoms with van der Waals surface area (Å²) in [6, 6.07) is 0.758. The zero-order valence-electron chi connectivity index (χ0n) is 10.8. The highest BCUT2D eigenvalue weighted by molar-refractivity contribution is 4.76. The van der Waals surface area contributed by atoms with Crippen molar-refractivity contribution in [2.45, 2.75) is 44.6 Å². The van der Waals surface area contributed by atoms with Gasteiger partial charge in [-0.05, 0) is 38.6 Å². The normalized spacial score (nSPS) is 25.9. The zero-order chi connectivity index (χ0) is 11.6. The lowest BCUT2D eigenvalue weighted by Gasteiger charge is -2.28. The molecule has 3 nitrogen and oxygen atoms in total. The van der Waals surface area contributed by atoms with E-state index in [2.05, 4.69) is 12.4 Å². The van der Waals surface area contributed by atoms with Gasteiger partial charge in [-0.25, -0.2) is 0 Å². The van der Waals surface area contributed by atoms with Gasteiger partial charge in [-0.3, -0.25) is 0 Å². The molecule has 0 aromatic heterocycles. The molecule has 0 amide bonds. The lowest BCUT2D eigenvalue weighted by atomic mass is 9.83. The minimum Gasteiger partial charge on any atom is -0.382 e. The second-order valence-electron chi connectivity index (χ2n) is 4.77. The molecule has 0 saturated heterocycles. The fourth-order valence-corrected chi connectivity index (χ4v) is 2.53. The van der Waals surface area contributed by atoms with Gasteiger partial charge in [0.1, 0.15) is 0 Å². The standard InChI is InChI=1S/C13H27NO2/c1-14-13-7-3-5-12(11-13)6-4-8-16-10-9-15-2/h12-14H,3-11H2,1-2H3. The molecule has 0 aromatic rings. The second kappa shape index (κ2) is 8.97. The number of hydrogen-bond donors (Lipinski definition) is 1. The lowest BCUT2D eigenvalue weighted by molar-refractivity contribution is 0.0661. The van der Waals surface area contributed by atoms with E-state index in [0.29, 0.717) is 6.61 Å². The molecule has 0 aliphatic heterocycles. The molecule has 1 saturated carbocycles. The summed E-state index contributed by atoms with van der Waals surface area (Å²) >= 11 is 0. The van der Waals surface area contributed by atoms with E-state index >= 15 is 0 Å². The van der Waals surface area contributed by atoms with Crippen molar-refractivity contribution >= 4 is 0 Å². The Kier molecular flexibility index (Phi) is 7.81. The van der Waals surface area contributed by atoms with Gasteiger partial charge in [0, 0.05) is 19.8 Å². The molecular weight excluding hydrogens is 202 g/mol. The van der Waals surface area contributed by atoms with E-state index in [1.54, 1.807) is 7.11 Å². The largest absolute Gasteiger partial charge is 0.382 e. The quantitative estimate of drug-likeness (QED) is 0.647. The van der Waals surface area contributed by atoms with Crippen LogP contribution in [0.3, 0.4) is 0 Å². The van der Waals surface area contributed by atoms with Crippen LogP contribution in [-0.2, 0) is 9.47 Å². The first kappa shape index (κ1) is 13.9. The van der Waals surface area contributed by atoms with Crippen molar-refractivity contribution in [3.8, 4) is 0 Å².